The summed E-state index contributed by atoms with van der Waals surface area (Å²) in [7, 11) is 1.91. The van der Waals surface area contributed by atoms with Gasteiger partial charge in [-0.25, -0.2) is 13.1 Å². The number of amides is 1. The molecule has 0 aliphatic rings. The largest absolute Gasteiger partial charge is 0.497 e. The molecule has 1 amide bonds. The van der Waals surface area contributed by atoms with Gasteiger partial charge in [-0.2, -0.15) is 0 Å². The van der Waals surface area contributed by atoms with Gasteiger partial charge in [-0.1, -0.05) is 19.1 Å². The van der Waals surface area contributed by atoms with E-state index >= 15 is 0 Å². The van der Waals surface area contributed by atoms with Crippen LogP contribution in [0.2, 0.25) is 0 Å². The van der Waals surface area contributed by atoms with Crippen LogP contribution in [0.4, 0.5) is 0 Å². The minimum Gasteiger partial charge on any atom is -0.497 e. The van der Waals surface area contributed by atoms with Crippen LogP contribution in [-0.4, -0.2) is 53.0 Å². The number of benzene rings is 2. The van der Waals surface area contributed by atoms with Crippen molar-refractivity contribution in [2.45, 2.75) is 37.2 Å². The number of ether oxygens (including phenoxy) is 1. The van der Waals surface area contributed by atoms with Crippen LogP contribution in [0.5, 0.6) is 5.75 Å². The number of carbonyl (C=O) groups is 1. The Bertz CT molecular complexity index is 943. The molecule has 164 valence electrons. The smallest absolute Gasteiger partial charge is 0.251 e. The summed E-state index contributed by atoms with van der Waals surface area (Å²) in [5, 5.41) is 2.93. The second kappa shape index (κ2) is 10.6. The molecule has 0 spiro atoms. The van der Waals surface area contributed by atoms with Crippen LogP contribution in [-0.2, 0) is 10.0 Å². The number of methoxy groups -OCH3 is 1. The summed E-state index contributed by atoms with van der Waals surface area (Å²) in [6, 6.07) is 13.5. The number of hydrogen-bond acceptors (Lipinski definition) is 5. The van der Waals surface area contributed by atoms with Gasteiger partial charge >= 0.3 is 0 Å². The van der Waals surface area contributed by atoms with Crippen molar-refractivity contribution in [1.29, 1.82) is 0 Å². The normalized spacial score (nSPS) is 13.7. The summed E-state index contributed by atoms with van der Waals surface area (Å²) >= 11 is 0. The maximum absolute atomic E-state index is 12.6. The molecule has 2 unspecified atom stereocenters. The quantitative estimate of drug-likeness (QED) is 0.602. The zero-order valence-corrected chi connectivity index (χ0v) is 19.0. The molecule has 2 aromatic carbocycles. The lowest BCUT2D eigenvalue weighted by Gasteiger charge is -2.25. The standard InChI is InChI=1S/C22H31N3O4S/c1-6-16(2)24-30(27,28)20-12-10-17(11-13-20)22(26)23-15-21(25(3)4)18-8-7-9-19(14-18)29-5/h7-14,16,21,24H,6,15H2,1-5H3,(H,23,26). The van der Waals surface area contributed by atoms with E-state index in [1.807, 2.05) is 57.1 Å². The van der Waals surface area contributed by atoms with Crippen molar-refractivity contribution < 1.29 is 17.9 Å². The number of sulfonamides is 1. The Kier molecular flexibility index (Phi) is 8.40. The van der Waals surface area contributed by atoms with Crippen LogP contribution in [0.1, 0.15) is 42.2 Å². The minimum atomic E-state index is -3.59. The lowest BCUT2D eigenvalue weighted by Crippen LogP contribution is -2.34. The lowest BCUT2D eigenvalue weighted by molar-refractivity contribution is 0.0942. The summed E-state index contributed by atoms with van der Waals surface area (Å²) in [4.78, 5) is 14.8. The zero-order valence-electron chi connectivity index (χ0n) is 18.2. The fourth-order valence-corrected chi connectivity index (χ4v) is 4.27. The zero-order chi connectivity index (χ0) is 22.3. The van der Waals surface area contributed by atoms with Crippen molar-refractivity contribution >= 4 is 15.9 Å². The van der Waals surface area contributed by atoms with Gasteiger partial charge in [0.25, 0.3) is 5.91 Å². The number of likely N-dealkylation sites (N-methyl/N-ethyl adjacent to an activating group) is 1. The SMILES string of the molecule is CCC(C)NS(=O)(=O)c1ccc(C(=O)NCC(c2cccc(OC)c2)N(C)C)cc1. The molecule has 0 saturated carbocycles. The van der Waals surface area contributed by atoms with E-state index in [0.717, 1.165) is 11.3 Å². The van der Waals surface area contributed by atoms with Gasteiger partial charge in [0.05, 0.1) is 18.0 Å². The Morgan fingerprint density at radius 2 is 1.80 bits per heavy atom. The molecule has 0 radical (unpaired) electrons. The Balaban J connectivity index is 2.07. The van der Waals surface area contributed by atoms with E-state index in [0.29, 0.717) is 18.5 Å². The molecule has 7 nitrogen and oxygen atoms in total. The van der Waals surface area contributed by atoms with Gasteiger partial charge in [0.2, 0.25) is 10.0 Å². The first-order chi connectivity index (χ1) is 14.2. The van der Waals surface area contributed by atoms with Gasteiger partial charge < -0.3 is 15.0 Å². The van der Waals surface area contributed by atoms with Gasteiger partial charge in [-0.3, -0.25) is 4.79 Å². The van der Waals surface area contributed by atoms with Gasteiger partial charge in [-0.15, -0.1) is 0 Å². The first kappa shape index (κ1) is 23.9. The average Bonchev–Trinajstić information content (AvgIpc) is 2.73. The third-order valence-corrected chi connectivity index (χ3v) is 6.56. The van der Waals surface area contributed by atoms with E-state index in [1.165, 1.54) is 24.3 Å². The highest BCUT2D eigenvalue weighted by Gasteiger charge is 2.19. The molecule has 2 aromatic rings. The monoisotopic (exact) mass is 433 g/mol. The summed E-state index contributed by atoms with van der Waals surface area (Å²) < 4.78 is 32.6. The van der Waals surface area contributed by atoms with E-state index in [1.54, 1.807) is 7.11 Å². The summed E-state index contributed by atoms with van der Waals surface area (Å²) in [5.74, 6) is 0.497. The van der Waals surface area contributed by atoms with E-state index in [-0.39, 0.29) is 22.9 Å². The maximum atomic E-state index is 12.6. The Labute approximate surface area is 179 Å². The van der Waals surface area contributed by atoms with E-state index in [9.17, 15) is 13.2 Å². The number of hydrogen-bond donors (Lipinski definition) is 2. The van der Waals surface area contributed by atoms with Crippen LogP contribution >= 0.6 is 0 Å². The van der Waals surface area contributed by atoms with Gasteiger partial charge in [-0.05, 0) is 69.4 Å². The minimum absolute atomic E-state index is 0.0385. The molecule has 0 heterocycles. The number of nitrogens with one attached hydrogen (secondary N) is 2. The molecule has 0 aromatic heterocycles. The third-order valence-electron chi connectivity index (χ3n) is 4.95. The van der Waals surface area contributed by atoms with Crippen molar-refractivity contribution in [3.63, 3.8) is 0 Å². The van der Waals surface area contributed by atoms with Gasteiger partial charge in [0.15, 0.2) is 0 Å². The van der Waals surface area contributed by atoms with Crippen molar-refractivity contribution in [2.75, 3.05) is 27.7 Å². The van der Waals surface area contributed by atoms with Crippen molar-refractivity contribution in [1.82, 2.24) is 14.9 Å². The van der Waals surface area contributed by atoms with Crippen molar-refractivity contribution in [3.8, 4) is 5.75 Å². The third kappa shape index (κ3) is 6.29. The Hall–Kier alpha value is -2.42. The van der Waals surface area contributed by atoms with E-state index < -0.39 is 10.0 Å². The second-order valence-corrected chi connectivity index (χ2v) is 9.13. The Morgan fingerprint density at radius 1 is 1.13 bits per heavy atom. The molecule has 2 atom stereocenters. The first-order valence-electron chi connectivity index (χ1n) is 9.89. The summed E-state index contributed by atoms with van der Waals surface area (Å²) in [5.41, 5.74) is 1.43. The molecule has 0 aliphatic carbocycles. The fraction of sp³-hybridized carbons (Fsp3) is 0.409. The highest BCUT2D eigenvalue weighted by Crippen LogP contribution is 2.22. The molecular formula is C22H31N3O4S. The molecule has 30 heavy (non-hydrogen) atoms. The van der Waals surface area contributed by atoms with Crippen LogP contribution in [0.25, 0.3) is 0 Å². The van der Waals surface area contributed by atoms with Crippen molar-refractivity contribution in [2.24, 2.45) is 0 Å². The molecule has 2 rings (SSSR count). The van der Waals surface area contributed by atoms with Gasteiger partial charge in [0, 0.05) is 18.2 Å². The molecule has 0 saturated heterocycles. The van der Waals surface area contributed by atoms with Crippen LogP contribution in [0, 0.1) is 0 Å². The molecule has 8 heteroatoms. The highest BCUT2D eigenvalue weighted by molar-refractivity contribution is 7.89. The van der Waals surface area contributed by atoms with Crippen LogP contribution in [0.15, 0.2) is 53.4 Å². The molecule has 0 fully saturated rings. The second-order valence-electron chi connectivity index (χ2n) is 7.42. The van der Waals surface area contributed by atoms with Crippen molar-refractivity contribution in [3.05, 3.63) is 59.7 Å². The average molecular weight is 434 g/mol. The summed E-state index contributed by atoms with van der Waals surface area (Å²) in [6.07, 6.45) is 0.694. The Morgan fingerprint density at radius 3 is 2.37 bits per heavy atom. The molecule has 0 aliphatic heterocycles. The van der Waals surface area contributed by atoms with Crippen LogP contribution in [0.3, 0.4) is 0 Å². The predicted octanol–water partition coefficient (Wildman–Crippen LogP) is 2.80. The lowest BCUT2D eigenvalue weighted by atomic mass is 10.1. The number of carbonyl (C=O) groups excluding carboxylic acids is 1. The first-order valence-corrected chi connectivity index (χ1v) is 11.4. The maximum Gasteiger partial charge on any atom is 0.251 e. The fourth-order valence-electron chi connectivity index (χ4n) is 2.94. The number of rotatable bonds is 10. The predicted molar refractivity (Wildman–Crippen MR) is 118 cm³/mol. The summed E-state index contributed by atoms with van der Waals surface area (Å²) in [6.45, 7) is 4.12. The topological polar surface area (TPSA) is 87.7 Å². The van der Waals surface area contributed by atoms with E-state index in [2.05, 4.69) is 10.0 Å². The molecule has 2 N–H and O–H groups in total. The molecular weight excluding hydrogens is 402 g/mol. The van der Waals surface area contributed by atoms with Crippen LogP contribution < -0.4 is 14.8 Å². The van der Waals surface area contributed by atoms with E-state index in [4.69, 9.17) is 4.74 Å². The number of nitrogens with zero attached hydrogens (tertiary/aromatic N) is 1. The highest BCUT2D eigenvalue weighted by atomic mass is 32.2. The van der Waals surface area contributed by atoms with Gasteiger partial charge in [0.1, 0.15) is 5.75 Å². The molecule has 0 bridgehead atoms.